The summed E-state index contributed by atoms with van der Waals surface area (Å²) in [7, 11) is -0.105. The van der Waals surface area contributed by atoms with Crippen LogP contribution in [0.25, 0.3) is 11.1 Å². The fourth-order valence-corrected chi connectivity index (χ4v) is 5.08. The second-order valence-corrected chi connectivity index (χ2v) is 13.0. The number of hydrogen-bond donors (Lipinski definition) is 0. The summed E-state index contributed by atoms with van der Waals surface area (Å²) in [6.07, 6.45) is -0.393. The minimum Gasteiger partial charge on any atom is -0.538 e. The fourth-order valence-electron chi connectivity index (χ4n) is 3.40. The van der Waals surface area contributed by atoms with E-state index in [1.807, 2.05) is 31.2 Å². The van der Waals surface area contributed by atoms with Crippen LogP contribution in [0, 0.1) is 0 Å². The van der Waals surface area contributed by atoms with Gasteiger partial charge >= 0.3 is 6.09 Å². The average Bonchev–Trinajstić information content (AvgIpc) is 2.97. The lowest BCUT2D eigenvalue weighted by Gasteiger charge is -2.29. The number of thiocarbonyl (C=S) groups is 1. The van der Waals surface area contributed by atoms with Gasteiger partial charge in [-0.25, -0.2) is 4.79 Å². The van der Waals surface area contributed by atoms with E-state index in [0.717, 1.165) is 0 Å². The van der Waals surface area contributed by atoms with Gasteiger partial charge in [0.25, 0.3) is 0 Å². The molecule has 28 heavy (non-hydrogen) atoms. The molecule has 4 nitrogen and oxygen atoms in total. The third kappa shape index (κ3) is 4.28. The molecule has 0 saturated carbocycles. The molecule has 1 amide bonds. The van der Waals surface area contributed by atoms with Crippen molar-refractivity contribution in [1.82, 2.24) is 4.90 Å². The second-order valence-electron chi connectivity index (χ2n) is 8.12. The normalized spacial score (nSPS) is 14.0. The highest BCUT2D eigenvalue weighted by atomic mass is 32.1. The minimum atomic E-state index is -1.80. The Kier molecular flexibility index (Phi) is 5.91. The van der Waals surface area contributed by atoms with Crippen molar-refractivity contribution in [3.8, 4) is 11.1 Å². The van der Waals surface area contributed by atoms with Crippen molar-refractivity contribution in [3.63, 3.8) is 0 Å². The maximum Gasteiger partial charge on any atom is 0.410 e. The summed E-state index contributed by atoms with van der Waals surface area (Å²) in [5, 5.41) is 0.440. The van der Waals surface area contributed by atoms with Gasteiger partial charge in [0.2, 0.25) is 8.32 Å². The zero-order valence-corrected chi connectivity index (χ0v) is 18.9. The predicted molar refractivity (Wildman–Crippen MR) is 119 cm³/mol. The molecule has 0 bridgehead atoms. The van der Waals surface area contributed by atoms with Crippen LogP contribution in [0.3, 0.4) is 0 Å². The Morgan fingerprint density at radius 1 is 1.07 bits per heavy atom. The van der Waals surface area contributed by atoms with Gasteiger partial charge < -0.3 is 14.1 Å². The Bertz CT molecular complexity index is 848. The summed E-state index contributed by atoms with van der Waals surface area (Å²) in [6.45, 7) is 8.37. The molecule has 0 spiro atoms. The third-order valence-electron chi connectivity index (χ3n) is 4.95. The Balaban J connectivity index is 1.69. The first-order chi connectivity index (χ1) is 13.2. The summed E-state index contributed by atoms with van der Waals surface area (Å²) < 4.78 is 11.5. The number of rotatable bonds is 5. The van der Waals surface area contributed by atoms with Crippen LogP contribution in [0.5, 0.6) is 0 Å². The summed E-state index contributed by atoms with van der Waals surface area (Å²) in [5.41, 5.74) is 4.82. The van der Waals surface area contributed by atoms with Gasteiger partial charge in [0.1, 0.15) is 6.61 Å². The molecule has 148 valence electrons. The van der Waals surface area contributed by atoms with E-state index in [2.05, 4.69) is 43.9 Å². The number of amides is 1. The predicted octanol–water partition coefficient (Wildman–Crippen LogP) is 5.43. The van der Waals surface area contributed by atoms with E-state index in [0.29, 0.717) is 11.7 Å². The van der Waals surface area contributed by atoms with E-state index in [1.165, 1.54) is 27.2 Å². The van der Waals surface area contributed by atoms with Crippen LogP contribution in [0.15, 0.2) is 48.5 Å². The van der Waals surface area contributed by atoms with Gasteiger partial charge in [0, 0.05) is 13.0 Å². The molecular weight excluding hydrogens is 386 g/mol. The van der Waals surface area contributed by atoms with Crippen molar-refractivity contribution < 1.29 is 14.0 Å². The van der Waals surface area contributed by atoms with Gasteiger partial charge in [-0.2, -0.15) is 0 Å². The van der Waals surface area contributed by atoms with Crippen LogP contribution in [0.4, 0.5) is 4.79 Å². The molecular formula is C22H27NO3SSi. The smallest absolute Gasteiger partial charge is 0.410 e. The molecule has 2 aromatic rings. The lowest BCUT2D eigenvalue weighted by atomic mass is 9.98. The highest BCUT2D eigenvalue weighted by Crippen LogP contribution is 2.44. The van der Waals surface area contributed by atoms with Crippen LogP contribution < -0.4 is 0 Å². The summed E-state index contributed by atoms with van der Waals surface area (Å²) in [4.78, 5) is 14.1. The van der Waals surface area contributed by atoms with Crippen LogP contribution >= 0.6 is 12.2 Å². The molecule has 1 aliphatic carbocycles. The van der Waals surface area contributed by atoms with Crippen molar-refractivity contribution in [2.45, 2.75) is 38.5 Å². The van der Waals surface area contributed by atoms with Gasteiger partial charge in [-0.15, -0.1) is 0 Å². The molecule has 0 N–H and O–H groups in total. The van der Waals surface area contributed by atoms with E-state index < -0.39 is 14.4 Å². The van der Waals surface area contributed by atoms with Crippen molar-refractivity contribution >= 4 is 31.7 Å². The number of benzene rings is 2. The molecule has 1 atom stereocenters. The number of hydrogen-bond acceptors (Lipinski definition) is 4. The second kappa shape index (κ2) is 8.05. The Morgan fingerprint density at radius 3 is 2.07 bits per heavy atom. The molecule has 3 rings (SSSR count). The van der Waals surface area contributed by atoms with Crippen molar-refractivity contribution in [3.05, 3.63) is 59.7 Å². The quantitative estimate of drug-likeness (QED) is 0.484. The lowest BCUT2D eigenvalue weighted by molar-refractivity contribution is 0.103. The lowest BCUT2D eigenvalue weighted by Crippen LogP contribution is -2.44. The summed E-state index contributed by atoms with van der Waals surface area (Å²) in [5.74, 6) is 0.0465. The molecule has 6 heteroatoms. The topological polar surface area (TPSA) is 38.8 Å². The molecule has 0 heterocycles. The van der Waals surface area contributed by atoms with Crippen molar-refractivity contribution in [2.24, 2.45) is 0 Å². The highest BCUT2D eigenvalue weighted by Gasteiger charge is 2.31. The third-order valence-corrected chi connectivity index (χ3v) is 6.36. The van der Waals surface area contributed by atoms with Gasteiger partial charge in [-0.3, -0.25) is 0 Å². The molecule has 1 aliphatic rings. The Labute approximate surface area is 173 Å². The largest absolute Gasteiger partial charge is 0.538 e. The number of carbonyl (C=O) groups excluding carboxylic acids is 1. The molecule has 2 aromatic carbocycles. The first-order valence-corrected chi connectivity index (χ1v) is 13.3. The van der Waals surface area contributed by atoms with Crippen LogP contribution in [0.1, 0.15) is 24.0 Å². The first kappa shape index (κ1) is 20.5. The SMILES string of the molecule is CC(C(=S)O[Si](C)(C)C)N(C)C(=O)OCC1c2ccccc2-c2ccccc21. The van der Waals surface area contributed by atoms with E-state index >= 15 is 0 Å². The minimum absolute atomic E-state index is 0.0465. The zero-order chi connectivity index (χ0) is 20.5. The fraction of sp³-hybridized carbons (Fsp3) is 0.364. The summed E-state index contributed by atoms with van der Waals surface area (Å²) in [6, 6.07) is 16.3. The number of ether oxygens (including phenoxy) is 1. The van der Waals surface area contributed by atoms with Crippen molar-refractivity contribution in [1.29, 1.82) is 0 Å². The Morgan fingerprint density at radius 2 is 1.57 bits per heavy atom. The molecule has 0 aliphatic heterocycles. The van der Waals surface area contributed by atoms with E-state index in [1.54, 1.807) is 7.05 Å². The van der Waals surface area contributed by atoms with Gasteiger partial charge in [0.05, 0.1) is 6.04 Å². The number of likely N-dealkylation sites (N-methyl/N-ethyl adjacent to an activating group) is 1. The maximum atomic E-state index is 12.6. The monoisotopic (exact) mass is 413 g/mol. The van der Waals surface area contributed by atoms with Gasteiger partial charge in [-0.05, 0) is 61.0 Å². The van der Waals surface area contributed by atoms with E-state index in [-0.39, 0.29) is 12.0 Å². The average molecular weight is 414 g/mol. The number of fused-ring (bicyclic) bond motifs is 3. The van der Waals surface area contributed by atoms with Crippen LogP contribution in [-0.2, 0) is 9.16 Å². The standard InChI is InChI=1S/C22H27NO3SSi/c1-15(21(27)26-28(3,4)5)23(2)22(24)25-14-20-18-12-8-6-10-16(18)17-11-7-9-13-19(17)20/h6-13,15,20H,14H2,1-5H3. The Hall–Kier alpha value is -2.18. The van der Waals surface area contributed by atoms with Gasteiger partial charge in [-0.1, -0.05) is 48.5 Å². The maximum absolute atomic E-state index is 12.6. The van der Waals surface area contributed by atoms with E-state index in [4.69, 9.17) is 21.4 Å². The zero-order valence-electron chi connectivity index (χ0n) is 17.1. The molecule has 0 aromatic heterocycles. The molecule has 0 fully saturated rings. The van der Waals surface area contributed by atoms with Crippen LogP contribution in [-0.4, -0.2) is 44.1 Å². The first-order valence-electron chi connectivity index (χ1n) is 9.49. The molecule has 0 radical (unpaired) electrons. The highest BCUT2D eigenvalue weighted by molar-refractivity contribution is 7.80. The molecule has 0 saturated heterocycles. The molecule has 1 unspecified atom stereocenters. The summed E-state index contributed by atoms with van der Waals surface area (Å²) >= 11 is 5.38. The number of carbonyl (C=O) groups is 1. The van der Waals surface area contributed by atoms with Crippen LogP contribution in [0.2, 0.25) is 19.6 Å². The van der Waals surface area contributed by atoms with E-state index in [9.17, 15) is 4.79 Å². The van der Waals surface area contributed by atoms with Crippen molar-refractivity contribution in [2.75, 3.05) is 13.7 Å². The number of nitrogens with zero attached hydrogens (tertiary/aromatic N) is 1. The van der Waals surface area contributed by atoms with Gasteiger partial charge in [0.15, 0.2) is 5.05 Å².